The highest BCUT2D eigenvalue weighted by Crippen LogP contribution is 2.10. The van der Waals surface area contributed by atoms with Crippen molar-refractivity contribution in [3.63, 3.8) is 0 Å². The Morgan fingerprint density at radius 2 is 1.75 bits per heavy atom. The number of hydrogen-bond acceptors (Lipinski definition) is 2. The quantitative estimate of drug-likeness (QED) is 0.849. The molecule has 0 unspecified atom stereocenters. The molecule has 4 heteroatoms. The second-order valence-electron chi connectivity index (χ2n) is 4.44. The van der Waals surface area contributed by atoms with E-state index in [1.165, 1.54) is 24.3 Å². The van der Waals surface area contributed by atoms with Gasteiger partial charge in [-0.2, -0.15) is 5.26 Å². The molecule has 0 fully saturated rings. The Morgan fingerprint density at radius 3 is 2.50 bits per heavy atom. The highest BCUT2D eigenvalue weighted by molar-refractivity contribution is 5.33. The van der Waals surface area contributed by atoms with Crippen molar-refractivity contribution >= 4 is 0 Å². The summed E-state index contributed by atoms with van der Waals surface area (Å²) in [6.45, 7) is 0.854. The van der Waals surface area contributed by atoms with Crippen molar-refractivity contribution in [1.82, 2.24) is 5.32 Å². The number of nitrogens with zero attached hydrogens (tertiary/aromatic N) is 1. The molecule has 0 aromatic heterocycles. The molecule has 20 heavy (non-hydrogen) atoms. The van der Waals surface area contributed by atoms with Crippen molar-refractivity contribution < 1.29 is 8.78 Å². The topological polar surface area (TPSA) is 35.8 Å². The van der Waals surface area contributed by atoms with E-state index in [2.05, 4.69) is 5.32 Å². The summed E-state index contributed by atoms with van der Waals surface area (Å²) >= 11 is 0. The van der Waals surface area contributed by atoms with Gasteiger partial charge in [-0.3, -0.25) is 0 Å². The zero-order valence-corrected chi connectivity index (χ0v) is 10.9. The van der Waals surface area contributed by atoms with Gasteiger partial charge in [-0.25, -0.2) is 8.78 Å². The maximum Gasteiger partial charge on any atom is 0.127 e. The molecule has 0 atom stereocenters. The van der Waals surface area contributed by atoms with Gasteiger partial charge in [0.05, 0.1) is 11.6 Å². The highest BCUT2D eigenvalue weighted by Gasteiger charge is 2.04. The Kier molecular flexibility index (Phi) is 4.80. The molecule has 0 amide bonds. The van der Waals surface area contributed by atoms with Crippen molar-refractivity contribution in [3.8, 4) is 6.07 Å². The monoisotopic (exact) mass is 272 g/mol. The van der Waals surface area contributed by atoms with Crippen LogP contribution in [-0.2, 0) is 13.0 Å². The van der Waals surface area contributed by atoms with E-state index >= 15 is 0 Å². The molecule has 0 saturated heterocycles. The third-order valence-electron chi connectivity index (χ3n) is 3.02. The number of halogens is 2. The molecular formula is C16H14F2N2. The van der Waals surface area contributed by atoms with Crippen LogP contribution in [0.15, 0.2) is 42.5 Å². The van der Waals surface area contributed by atoms with Crippen molar-refractivity contribution in [2.24, 2.45) is 0 Å². The summed E-state index contributed by atoms with van der Waals surface area (Å²) in [6.07, 6.45) is 0.534. The summed E-state index contributed by atoms with van der Waals surface area (Å²) in [5.74, 6) is -0.575. The Labute approximate surface area is 116 Å². The lowest BCUT2D eigenvalue weighted by molar-refractivity contribution is 0.578. The lowest BCUT2D eigenvalue weighted by atomic mass is 10.1. The van der Waals surface area contributed by atoms with Gasteiger partial charge in [0.25, 0.3) is 0 Å². The molecule has 0 bridgehead atoms. The van der Waals surface area contributed by atoms with E-state index in [-0.39, 0.29) is 11.6 Å². The Balaban J connectivity index is 1.88. The molecule has 2 nitrogen and oxygen atoms in total. The molecule has 0 heterocycles. The molecule has 0 spiro atoms. The summed E-state index contributed by atoms with van der Waals surface area (Å²) < 4.78 is 26.9. The molecule has 0 aliphatic carbocycles. The van der Waals surface area contributed by atoms with Crippen LogP contribution < -0.4 is 5.32 Å². The van der Waals surface area contributed by atoms with Crippen LogP contribution in [-0.4, -0.2) is 6.54 Å². The summed E-state index contributed by atoms with van der Waals surface area (Å²) in [7, 11) is 0. The van der Waals surface area contributed by atoms with E-state index in [4.69, 9.17) is 5.26 Å². The van der Waals surface area contributed by atoms with Gasteiger partial charge in [-0.15, -0.1) is 0 Å². The highest BCUT2D eigenvalue weighted by atomic mass is 19.1. The van der Waals surface area contributed by atoms with Gasteiger partial charge in [0.15, 0.2) is 0 Å². The molecule has 1 N–H and O–H groups in total. The van der Waals surface area contributed by atoms with Crippen LogP contribution in [0, 0.1) is 23.0 Å². The second kappa shape index (κ2) is 6.78. The van der Waals surface area contributed by atoms with Crippen molar-refractivity contribution in [2.75, 3.05) is 6.54 Å². The fourth-order valence-electron chi connectivity index (χ4n) is 1.93. The first kappa shape index (κ1) is 14.2. The van der Waals surface area contributed by atoms with Crippen LogP contribution in [0.5, 0.6) is 0 Å². The number of hydrogen-bond donors (Lipinski definition) is 1. The van der Waals surface area contributed by atoms with Crippen molar-refractivity contribution in [2.45, 2.75) is 13.0 Å². The van der Waals surface area contributed by atoms with E-state index in [1.807, 2.05) is 6.07 Å². The van der Waals surface area contributed by atoms with Crippen molar-refractivity contribution in [1.29, 1.82) is 5.26 Å². The Hall–Kier alpha value is -2.25. The average Bonchev–Trinajstić information content (AvgIpc) is 2.47. The molecule has 0 radical (unpaired) electrons. The normalized spacial score (nSPS) is 10.2. The zero-order valence-electron chi connectivity index (χ0n) is 10.9. The summed E-state index contributed by atoms with van der Waals surface area (Å²) in [5, 5.41) is 11.8. The molecule has 2 aromatic carbocycles. The van der Waals surface area contributed by atoms with Gasteiger partial charge >= 0.3 is 0 Å². The van der Waals surface area contributed by atoms with Gasteiger partial charge < -0.3 is 5.32 Å². The minimum absolute atomic E-state index is 0.230. The lowest BCUT2D eigenvalue weighted by Gasteiger charge is -2.07. The van der Waals surface area contributed by atoms with Crippen LogP contribution in [0.4, 0.5) is 8.78 Å². The summed E-state index contributed by atoms with van der Waals surface area (Å²) in [6, 6.07) is 12.8. The predicted molar refractivity (Wildman–Crippen MR) is 72.9 cm³/mol. The fourth-order valence-corrected chi connectivity index (χ4v) is 1.93. The van der Waals surface area contributed by atoms with Gasteiger partial charge in [-0.05, 0) is 42.8 Å². The Bertz CT molecular complexity index is 633. The summed E-state index contributed by atoms with van der Waals surface area (Å²) in [4.78, 5) is 0. The zero-order chi connectivity index (χ0) is 14.4. The van der Waals surface area contributed by atoms with Crippen LogP contribution >= 0.6 is 0 Å². The third kappa shape index (κ3) is 3.62. The number of benzene rings is 2. The lowest BCUT2D eigenvalue weighted by Crippen LogP contribution is -2.18. The molecular weight excluding hydrogens is 258 g/mol. The maximum atomic E-state index is 13.5. The largest absolute Gasteiger partial charge is 0.312 e. The fraction of sp³-hybridized carbons (Fsp3) is 0.188. The summed E-state index contributed by atoms with van der Waals surface area (Å²) in [5.41, 5.74) is 1.50. The molecule has 0 aliphatic rings. The van der Waals surface area contributed by atoms with Gasteiger partial charge in [0.2, 0.25) is 0 Å². The number of nitrogens with one attached hydrogen (secondary N) is 1. The van der Waals surface area contributed by atoms with Crippen LogP contribution in [0.3, 0.4) is 0 Å². The number of nitriles is 1. The van der Waals surface area contributed by atoms with Crippen LogP contribution in [0.2, 0.25) is 0 Å². The van der Waals surface area contributed by atoms with Crippen LogP contribution in [0.25, 0.3) is 0 Å². The minimum atomic E-state index is -0.345. The van der Waals surface area contributed by atoms with E-state index in [0.717, 1.165) is 0 Å². The minimum Gasteiger partial charge on any atom is -0.312 e. The molecule has 0 aliphatic heterocycles. The van der Waals surface area contributed by atoms with Gasteiger partial charge in [0.1, 0.15) is 11.6 Å². The SMILES string of the molecule is N#Cc1ccc(F)c(CNCCc2ccccc2F)c1. The third-order valence-corrected chi connectivity index (χ3v) is 3.02. The van der Waals surface area contributed by atoms with E-state index in [0.29, 0.717) is 36.2 Å². The van der Waals surface area contributed by atoms with Gasteiger partial charge in [-0.1, -0.05) is 18.2 Å². The molecule has 0 saturated carbocycles. The van der Waals surface area contributed by atoms with Gasteiger partial charge in [0, 0.05) is 12.1 Å². The first-order chi connectivity index (χ1) is 9.70. The van der Waals surface area contributed by atoms with Crippen LogP contribution in [0.1, 0.15) is 16.7 Å². The molecule has 102 valence electrons. The van der Waals surface area contributed by atoms with Crippen molar-refractivity contribution in [3.05, 3.63) is 70.8 Å². The smallest absolute Gasteiger partial charge is 0.127 e. The average molecular weight is 272 g/mol. The second-order valence-corrected chi connectivity index (χ2v) is 4.44. The van der Waals surface area contributed by atoms with E-state index in [9.17, 15) is 8.78 Å². The standard InChI is InChI=1S/C16H14F2N2/c17-15-4-2-1-3-13(15)7-8-20-11-14-9-12(10-19)5-6-16(14)18/h1-6,9,20H,7-8,11H2. The molecule has 2 rings (SSSR count). The molecule has 2 aromatic rings. The van der Waals surface area contributed by atoms with E-state index in [1.54, 1.807) is 18.2 Å². The number of rotatable bonds is 5. The Morgan fingerprint density at radius 1 is 1.00 bits per heavy atom. The predicted octanol–water partition coefficient (Wildman–Crippen LogP) is 3.17. The van der Waals surface area contributed by atoms with E-state index < -0.39 is 0 Å². The first-order valence-corrected chi connectivity index (χ1v) is 6.33. The first-order valence-electron chi connectivity index (χ1n) is 6.33. The maximum absolute atomic E-state index is 13.5.